The van der Waals surface area contributed by atoms with Crippen molar-refractivity contribution < 1.29 is 14.3 Å². The van der Waals surface area contributed by atoms with Crippen molar-refractivity contribution in [1.29, 1.82) is 0 Å². The molecule has 1 aromatic carbocycles. The molecule has 0 bridgehead atoms. The molecule has 5 heteroatoms. The molecule has 114 valence electrons. The van der Waals surface area contributed by atoms with Crippen molar-refractivity contribution in [3.8, 4) is 0 Å². The number of aromatic nitrogens is 1. The molecule has 1 amide bonds. The van der Waals surface area contributed by atoms with Crippen LogP contribution in [-0.4, -0.2) is 16.9 Å². The van der Waals surface area contributed by atoms with Crippen molar-refractivity contribution in [3.63, 3.8) is 0 Å². The Morgan fingerprint density at radius 2 is 1.77 bits per heavy atom. The van der Waals surface area contributed by atoms with Crippen LogP contribution in [-0.2, 0) is 20.9 Å². The quantitative estimate of drug-likeness (QED) is 0.794. The van der Waals surface area contributed by atoms with Gasteiger partial charge in [0.15, 0.2) is 0 Å². The van der Waals surface area contributed by atoms with Crippen molar-refractivity contribution in [3.05, 3.63) is 66.0 Å². The molecule has 0 aliphatic rings. The third kappa shape index (κ3) is 5.01. The fraction of sp³-hybridized carbons (Fsp3) is 0.235. The van der Waals surface area contributed by atoms with E-state index in [4.69, 9.17) is 10.5 Å². The third-order valence-electron chi connectivity index (χ3n) is 3.24. The maximum absolute atomic E-state index is 12.0. The first-order valence-electron chi connectivity index (χ1n) is 7.04. The minimum atomic E-state index is -0.439. The summed E-state index contributed by atoms with van der Waals surface area (Å²) in [6.45, 7) is 0.123. The average Bonchev–Trinajstić information content (AvgIpc) is 2.54. The number of carbonyl (C=O) groups is 2. The number of pyridine rings is 1. The largest absolute Gasteiger partial charge is 0.459 e. The highest BCUT2D eigenvalue weighted by Crippen LogP contribution is 2.23. The van der Waals surface area contributed by atoms with Crippen molar-refractivity contribution in [2.24, 2.45) is 5.73 Å². The molecule has 0 radical (unpaired) electrons. The molecule has 2 N–H and O–H groups in total. The second-order valence-corrected chi connectivity index (χ2v) is 4.96. The summed E-state index contributed by atoms with van der Waals surface area (Å²) < 4.78 is 5.21. The second kappa shape index (κ2) is 7.93. The van der Waals surface area contributed by atoms with Gasteiger partial charge in [0, 0.05) is 18.5 Å². The Labute approximate surface area is 129 Å². The van der Waals surface area contributed by atoms with E-state index in [1.54, 1.807) is 18.3 Å². The van der Waals surface area contributed by atoms with Crippen molar-refractivity contribution in [2.45, 2.75) is 25.4 Å². The zero-order valence-electron chi connectivity index (χ0n) is 12.1. The molecule has 2 rings (SSSR count). The van der Waals surface area contributed by atoms with Gasteiger partial charge in [-0.25, -0.2) is 0 Å². The first-order valence-corrected chi connectivity index (χ1v) is 7.04. The molecule has 0 fully saturated rings. The van der Waals surface area contributed by atoms with Gasteiger partial charge in [0.1, 0.15) is 6.61 Å². The number of esters is 1. The summed E-state index contributed by atoms with van der Waals surface area (Å²) in [5, 5.41) is 0. The van der Waals surface area contributed by atoms with Crippen LogP contribution in [0.3, 0.4) is 0 Å². The van der Waals surface area contributed by atoms with Crippen LogP contribution < -0.4 is 5.73 Å². The highest BCUT2D eigenvalue weighted by Gasteiger charge is 2.19. The molecule has 0 saturated heterocycles. The number of nitrogens with zero attached hydrogens (tertiary/aromatic N) is 1. The van der Waals surface area contributed by atoms with Crippen LogP contribution in [0.5, 0.6) is 0 Å². The van der Waals surface area contributed by atoms with Crippen LogP contribution in [0, 0.1) is 0 Å². The molecule has 0 aliphatic carbocycles. The monoisotopic (exact) mass is 298 g/mol. The molecular weight excluding hydrogens is 280 g/mol. The number of rotatable bonds is 7. The predicted molar refractivity (Wildman–Crippen MR) is 81.6 cm³/mol. The van der Waals surface area contributed by atoms with E-state index in [9.17, 15) is 9.59 Å². The number of carbonyl (C=O) groups excluding carboxylic acids is 2. The third-order valence-corrected chi connectivity index (χ3v) is 3.24. The van der Waals surface area contributed by atoms with Gasteiger partial charge in [0.2, 0.25) is 5.91 Å². The van der Waals surface area contributed by atoms with Crippen LogP contribution in [0.15, 0.2) is 54.7 Å². The molecule has 0 unspecified atom stereocenters. The summed E-state index contributed by atoms with van der Waals surface area (Å²) >= 11 is 0. The van der Waals surface area contributed by atoms with Gasteiger partial charge >= 0.3 is 5.97 Å². The summed E-state index contributed by atoms with van der Waals surface area (Å²) in [6.07, 6.45) is 1.87. The number of amides is 1. The normalized spacial score (nSPS) is 11.6. The van der Waals surface area contributed by atoms with Gasteiger partial charge in [0.05, 0.1) is 12.1 Å². The number of hydrogen-bond acceptors (Lipinski definition) is 4. The van der Waals surface area contributed by atoms with Crippen molar-refractivity contribution >= 4 is 11.9 Å². The Hall–Kier alpha value is -2.69. The zero-order valence-corrected chi connectivity index (χ0v) is 12.1. The van der Waals surface area contributed by atoms with E-state index in [0.717, 1.165) is 5.56 Å². The first-order chi connectivity index (χ1) is 10.6. The lowest BCUT2D eigenvalue weighted by molar-refractivity contribution is -0.145. The lowest BCUT2D eigenvalue weighted by atomic mass is 9.92. The minimum Gasteiger partial charge on any atom is -0.459 e. The lowest BCUT2D eigenvalue weighted by Crippen LogP contribution is -2.18. The van der Waals surface area contributed by atoms with Gasteiger partial charge < -0.3 is 10.5 Å². The Morgan fingerprint density at radius 3 is 2.41 bits per heavy atom. The molecule has 1 atom stereocenters. The summed E-state index contributed by atoms with van der Waals surface area (Å²) in [5.74, 6) is -1.08. The molecular formula is C17H18N2O3. The number of ether oxygens (including phenoxy) is 1. The maximum atomic E-state index is 12.0. The fourth-order valence-corrected chi connectivity index (χ4v) is 2.17. The Kier molecular flexibility index (Phi) is 5.65. The van der Waals surface area contributed by atoms with Crippen LogP contribution in [0.25, 0.3) is 0 Å². The molecule has 1 heterocycles. The van der Waals surface area contributed by atoms with Gasteiger partial charge in [-0.1, -0.05) is 36.4 Å². The van der Waals surface area contributed by atoms with Crippen molar-refractivity contribution in [2.75, 3.05) is 0 Å². The van der Waals surface area contributed by atoms with E-state index >= 15 is 0 Å². The van der Waals surface area contributed by atoms with E-state index in [1.807, 2.05) is 36.4 Å². The molecule has 2 aromatic rings. The van der Waals surface area contributed by atoms with Gasteiger partial charge in [0.25, 0.3) is 0 Å². The van der Waals surface area contributed by atoms with Crippen LogP contribution in [0.2, 0.25) is 0 Å². The predicted octanol–water partition coefficient (Wildman–Crippen LogP) is 2.17. The zero-order chi connectivity index (χ0) is 15.8. The number of hydrogen-bond donors (Lipinski definition) is 1. The SMILES string of the molecule is NC(=O)C[C@@H](CC(=O)OCc1ccccn1)c1ccccc1. The fourth-order valence-electron chi connectivity index (χ4n) is 2.17. The van der Waals surface area contributed by atoms with Crippen LogP contribution >= 0.6 is 0 Å². The molecule has 22 heavy (non-hydrogen) atoms. The van der Waals surface area contributed by atoms with Crippen LogP contribution in [0.4, 0.5) is 0 Å². The van der Waals surface area contributed by atoms with Gasteiger partial charge in [-0.05, 0) is 17.7 Å². The van der Waals surface area contributed by atoms with Gasteiger partial charge in [-0.3, -0.25) is 14.6 Å². The van der Waals surface area contributed by atoms with E-state index < -0.39 is 5.91 Å². The molecule has 0 saturated carbocycles. The van der Waals surface area contributed by atoms with Crippen molar-refractivity contribution in [1.82, 2.24) is 4.98 Å². The Balaban J connectivity index is 1.95. The summed E-state index contributed by atoms with van der Waals surface area (Å²) in [6, 6.07) is 14.8. The molecule has 1 aromatic heterocycles. The second-order valence-electron chi connectivity index (χ2n) is 4.96. The Bertz CT molecular complexity index is 614. The first kappa shape index (κ1) is 15.7. The smallest absolute Gasteiger partial charge is 0.306 e. The van der Waals surface area contributed by atoms with E-state index in [0.29, 0.717) is 5.69 Å². The summed E-state index contributed by atoms with van der Waals surface area (Å²) in [5.41, 5.74) is 6.85. The van der Waals surface area contributed by atoms with E-state index in [-0.39, 0.29) is 31.3 Å². The topological polar surface area (TPSA) is 82.3 Å². The maximum Gasteiger partial charge on any atom is 0.306 e. The Morgan fingerprint density at radius 1 is 1.05 bits per heavy atom. The van der Waals surface area contributed by atoms with E-state index in [2.05, 4.69) is 4.98 Å². The van der Waals surface area contributed by atoms with Crippen LogP contribution in [0.1, 0.15) is 30.0 Å². The van der Waals surface area contributed by atoms with Gasteiger partial charge in [-0.15, -0.1) is 0 Å². The lowest BCUT2D eigenvalue weighted by Gasteiger charge is -2.15. The summed E-state index contributed by atoms with van der Waals surface area (Å²) in [7, 11) is 0. The number of primary amides is 1. The summed E-state index contributed by atoms with van der Waals surface area (Å²) in [4.78, 5) is 27.3. The minimum absolute atomic E-state index is 0.111. The number of nitrogens with two attached hydrogens (primary N) is 1. The van der Waals surface area contributed by atoms with E-state index in [1.165, 1.54) is 0 Å². The molecule has 0 aliphatic heterocycles. The highest BCUT2D eigenvalue weighted by molar-refractivity contribution is 5.77. The molecule has 0 spiro atoms. The van der Waals surface area contributed by atoms with Gasteiger partial charge in [-0.2, -0.15) is 0 Å². The highest BCUT2D eigenvalue weighted by atomic mass is 16.5. The number of benzene rings is 1. The molecule has 5 nitrogen and oxygen atoms in total. The average molecular weight is 298 g/mol. The standard InChI is InChI=1S/C17H18N2O3/c18-16(20)10-14(13-6-2-1-3-7-13)11-17(21)22-12-15-8-4-5-9-19-15/h1-9,14H,10-12H2,(H2,18,20)/t14-/m0/s1.